The zero-order valence-electron chi connectivity index (χ0n) is 20.0. The van der Waals surface area contributed by atoms with Crippen LogP contribution in [0.3, 0.4) is 0 Å². The zero-order chi connectivity index (χ0) is 25.3. The third-order valence-electron chi connectivity index (χ3n) is 5.83. The van der Waals surface area contributed by atoms with Crippen molar-refractivity contribution in [3.63, 3.8) is 0 Å². The fraction of sp³-hybridized carbons (Fsp3) is 0.360. The summed E-state index contributed by atoms with van der Waals surface area (Å²) >= 11 is 6.65. The SMILES string of the molecule is CCCn1c(NCc2ccc3c(c2)OCO3)c(/C=C2/SC(=S)N(C(C)C)C2=O)c(C)c(C#N)c1=O. The van der Waals surface area contributed by atoms with Gasteiger partial charge in [-0.2, -0.15) is 5.26 Å². The minimum atomic E-state index is -0.355. The smallest absolute Gasteiger partial charge is 0.270 e. The molecule has 2 aromatic rings. The fourth-order valence-corrected chi connectivity index (χ4v) is 5.59. The molecule has 0 atom stereocenters. The summed E-state index contributed by atoms with van der Waals surface area (Å²) in [4.78, 5) is 28.3. The molecule has 2 aliphatic rings. The number of thioether (sulfide) groups is 1. The Hall–Kier alpha value is -3.29. The van der Waals surface area contributed by atoms with E-state index in [1.165, 1.54) is 11.8 Å². The summed E-state index contributed by atoms with van der Waals surface area (Å²) in [5.41, 5.74) is 1.79. The fourth-order valence-electron chi connectivity index (χ4n) is 4.08. The van der Waals surface area contributed by atoms with E-state index in [1.54, 1.807) is 22.5 Å². The van der Waals surface area contributed by atoms with E-state index < -0.39 is 0 Å². The summed E-state index contributed by atoms with van der Waals surface area (Å²) < 4.78 is 12.9. The van der Waals surface area contributed by atoms with Gasteiger partial charge < -0.3 is 14.8 Å². The number of amides is 1. The van der Waals surface area contributed by atoms with Crippen molar-refractivity contribution in [2.75, 3.05) is 12.1 Å². The lowest BCUT2D eigenvalue weighted by Gasteiger charge is -2.20. The van der Waals surface area contributed by atoms with Gasteiger partial charge in [-0.1, -0.05) is 37.0 Å². The molecule has 4 rings (SSSR count). The lowest BCUT2D eigenvalue weighted by Crippen LogP contribution is -2.34. The average molecular weight is 511 g/mol. The molecule has 0 bridgehead atoms. The Bertz CT molecular complexity index is 1340. The number of nitrogens with one attached hydrogen (secondary N) is 1. The summed E-state index contributed by atoms with van der Waals surface area (Å²) in [5, 5.41) is 13.1. The van der Waals surface area contributed by atoms with Crippen molar-refractivity contribution >= 4 is 46.1 Å². The van der Waals surface area contributed by atoms with Crippen LogP contribution in [0.2, 0.25) is 0 Å². The van der Waals surface area contributed by atoms with Gasteiger partial charge in [0.2, 0.25) is 6.79 Å². The van der Waals surface area contributed by atoms with Crippen LogP contribution in [0.5, 0.6) is 11.5 Å². The monoisotopic (exact) mass is 510 g/mol. The Labute approximate surface area is 213 Å². The molecule has 1 aromatic heterocycles. The van der Waals surface area contributed by atoms with Gasteiger partial charge in [-0.25, -0.2) is 0 Å². The van der Waals surface area contributed by atoms with Gasteiger partial charge in [0.05, 0.1) is 4.91 Å². The second-order valence-corrected chi connectivity index (χ2v) is 10.2. The Morgan fingerprint density at radius 1 is 1.29 bits per heavy atom. The molecule has 35 heavy (non-hydrogen) atoms. The number of ether oxygens (including phenoxy) is 2. The average Bonchev–Trinajstić information content (AvgIpc) is 3.39. The van der Waals surface area contributed by atoms with Crippen LogP contribution in [0.15, 0.2) is 27.9 Å². The quantitative estimate of drug-likeness (QED) is 0.433. The molecule has 2 aliphatic heterocycles. The number of anilines is 1. The van der Waals surface area contributed by atoms with Crippen molar-refractivity contribution in [1.29, 1.82) is 5.26 Å². The number of fused-ring (bicyclic) bond motifs is 1. The van der Waals surface area contributed by atoms with Crippen LogP contribution in [0.4, 0.5) is 5.82 Å². The third-order valence-corrected chi connectivity index (χ3v) is 7.16. The number of carbonyl (C=O) groups excluding carboxylic acids is 1. The van der Waals surface area contributed by atoms with Gasteiger partial charge in [0.25, 0.3) is 11.5 Å². The molecule has 1 saturated heterocycles. The molecule has 0 saturated carbocycles. The maximum absolute atomic E-state index is 13.2. The number of hydrogen-bond acceptors (Lipinski definition) is 8. The van der Waals surface area contributed by atoms with Crippen molar-refractivity contribution < 1.29 is 14.3 Å². The molecular formula is C25H26N4O4S2. The molecule has 8 nitrogen and oxygen atoms in total. The minimum absolute atomic E-state index is 0.0673. The lowest BCUT2D eigenvalue weighted by molar-refractivity contribution is -0.123. The lowest BCUT2D eigenvalue weighted by atomic mass is 10.0. The van der Waals surface area contributed by atoms with Gasteiger partial charge in [-0.15, -0.1) is 0 Å². The van der Waals surface area contributed by atoms with Gasteiger partial charge >= 0.3 is 0 Å². The largest absolute Gasteiger partial charge is 0.454 e. The van der Waals surface area contributed by atoms with E-state index in [0.29, 0.717) is 57.2 Å². The highest BCUT2D eigenvalue weighted by atomic mass is 32.2. The maximum atomic E-state index is 13.2. The van der Waals surface area contributed by atoms with Crippen LogP contribution in [0, 0.1) is 18.3 Å². The molecule has 10 heteroatoms. The molecule has 0 radical (unpaired) electrons. The molecule has 1 aromatic carbocycles. The van der Waals surface area contributed by atoms with Crippen molar-refractivity contribution in [2.24, 2.45) is 0 Å². The van der Waals surface area contributed by atoms with E-state index in [2.05, 4.69) is 11.4 Å². The Kier molecular flexibility index (Phi) is 7.19. The molecule has 0 aliphatic carbocycles. The molecule has 1 fully saturated rings. The predicted octanol–water partition coefficient (Wildman–Crippen LogP) is 4.39. The van der Waals surface area contributed by atoms with Crippen LogP contribution < -0.4 is 20.3 Å². The molecule has 0 spiro atoms. The molecule has 182 valence electrons. The molecule has 3 heterocycles. The highest BCUT2D eigenvalue weighted by Gasteiger charge is 2.34. The standard InChI is InChI=1S/C25H26N4O4S2/c1-5-8-28-22(27-12-16-6-7-19-20(9-16)33-13-32-19)17(15(4)18(11-26)23(28)30)10-21-24(31)29(14(2)3)25(34)35-21/h6-7,9-10,14,27H,5,8,12-13H2,1-4H3/b21-10+. The van der Waals surface area contributed by atoms with Crippen molar-refractivity contribution in [2.45, 2.75) is 53.2 Å². The highest BCUT2D eigenvalue weighted by molar-refractivity contribution is 8.26. The van der Waals surface area contributed by atoms with Crippen LogP contribution in [0.1, 0.15) is 49.4 Å². The highest BCUT2D eigenvalue weighted by Crippen LogP contribution is 2.36. The number of benzene rings is 1. The number of nitrogens with zero attached hydrogens (tertiary/aromatic N) is 3. The summed E-state index contributed by atoms with van der Waals surface area (Å²) in [5.74, 6) is 1.74. The normalized spacial score (nSPS) is 15.9. The third kappa shape index (κ3) is 4.66. The van der Waals surface area contributed by atoms with E-state index in [4.69, 9.17) is 21.7 Å². The second kappa shape index (κ2) is 10.1. The first kappa shape index (κ1) is 24.8. The van der Waals surface area contributed by atoms with E-state index in [0.717, 1.165) is 5.56 Å². The molecule has 1 amide bonds. The number of rotatable bonds is 7. The van der Waals surface area contributed by atoms with Crippen molar-refractivity contribution in [1.82, 2.24) is 9.47 Å². The maximum Gasteiger partial charge on any atom is 0.270 e. The van der Waals surface area contributed by atoms with Crippen LogP contribution in [-0.4, -0.2) is 32.5 Å². The number of thiocarbonyl (C=S) groups is 1. The molecule has 1 N–H and O–H groups in total. The van der Waals surface area contributed by atoms with Gasteiger partial charge in [0, 0.05) is 24.7 Å². The number of hydrogen-bond donors (Lipinski definition) is 1. The van der Waals surface area contributed by atoms with Gasteiger partial charge in [-0.05, 0) is 56.5 Å². The van der Waals surface area contributed by atoms with E-state index >= 15 is 0 Å². The van der Waals surface area contributed by atoms with E-state index in [1.807, 2.05) is 39.0 Å². The number of nitriles is 1. The van der Waals surface area contributed by atoms with Gasteiger partial charge in [-0.3, -0.25) is 19.1 Å². The first-order valence-corrected chi connectivity index (χ1v) is 12.6. The second-order valence-electron chi connectivity index (χ2n) is 8.52. The topological polar surface area (TPSA) is 96.6 Å². The number of pyridine rings is 1. The number of carbonyl (C=O) groups is 1. The number of aromatic nitrogens is 1. The van der Waals surface area contributed by atoms with E-state index in [-0.39, 0.29) is 29.9 Å². The first-order chi connectivity index (χ1) is 16.8. The first-order valence-electron chi connectivity index (χ1n) is 11.3. The minimum Gasteiger partial charge on any atom is -0.454 e. The Balaban J connectivity index is 1.81. The van der Waals surface area contributed by atoms with Crippen molar-refractivity contribution in [3.05, 3.63) is 55.7 Å². The van der Waals surface area contributed by atoms with Gasteiger partial charge in [0.15, 0.2) is 11.5 Å². The van der Waals surface area contributed by atoms with Crippen LogP contribution >= 0.6 is 24.0 Å². The molecular weight excluding hydrogens is 484 g/mol. The van der Waals surface area contributed by atoms with Gasteiger partial charge in [0.1, 0.15) is 21.8 Å². The summed E-state index contributed by atoms with van der Waals surface area (Å²) in [6.45, 7) is 8.53. The Morgan fingerprint density at radius 3 is 2.69 bits per heavy atom. The summed E-state index contributed by atoms with van der Waals surface area (Å²) in [6, 6.07) is 7.65. The summed E-state index contributed by atoms with van der Waals surface area (Å²) in [6.07, 6.45) is 2.44. The Morgan fingerprint density at radius 2 is 2.03 bits per heavy atom. The zero-order valence-corrected chi connectivity index (χ0v) is 21.6. The summed E-state index contributed by atoms with van der Waals surface area (Å²) in [7, 11) is 0. The van der Waals surface area contributed by atoms with Crippen LogP contribution in [-0.2, 0) is 17.9 Å². The van der Waals surface area contributed by atoms with Crippen molar-refractivity contribution in [3.8, 4) is 17.6 Å². The van der Waals surface area contributed by atoms with Crippen LogP contribution in [0.25, 0.3) is 6.08 Å². The van der Waals surface area contributed by atoms with E-state index in [9.17, 15) is 14.9 Å². The predicted molar refractivity (Wildman–Crippen MR) is 140 cm³/mol. The molecule has 0 unspecified atom stereocenters.